The zero-order chi connectivity index (χ0) is 19.1. The molecule has 4 nitrogen and oxygen atoms in total. The van der Waals surface area contributed by atoms with Crippen molar-refractivity contribution in [3.8, 4) is 11.5 Å². The zero-order valence-electron chi connectivity index (χ0n) is 15.2. The van der Waals surface area contributed by atoms with E-state index in [1.165, 1.54) is 50.6 Å². The van der Waals surface area contributed by atoms with Crippen LogP contribution in [0.25, 0.3) is 0 Å². The van der Waals surface area contributed by atoms with Crippen molar-refractivity contribution in [1.82, 2.24) is 10.2 Å². The van der Waals surface area contributed by atoms with Crippen LogP contribution >= 0.6 is 11.6 Å². The van der Waals surface area contributed by atoms with Crippen LogP contribution in [-0.2, 0) is 0 Å². The Morgan fingerprint density at radius 2 is 1.89 bits per heavy atom. The molecule has 3 rings (SSSR count). The predicted octanol–water partition coefficient (Wildman–Crippen LogP) is 4.88. The second-order valence-electron chi connectivity index (χ2n) is 6.72. The largest absolute Gasteiger partial charge is 0.457 e. The minimum absolute atomic E-state index is 0.00453. The van der Waals surface area contributed by atoms with Gasteiger partial charge in [-0.05, 0) is 69.2 Å². The highest BCUT2D eigenvalue weighted by atomic mass is 35.5. The van der Waals surface area contributed by atoms with Gasteiger partial charge in [0.1, 0.15) is 17.3 Å². The number of piperidine rings is 1. The zero-order valence-corrected chi connectivity index (χ0v) is 16.0. The first-order valence-corrected chi connectivity index (χ1v) is 9.73. The number of nitrogens with one attached hydrogen (secondary N) is 1. The molecule has 144 valence electrons. The number of carbonyl (C=O) groups excluding carboxylic acids is 1. The second kappa shape index (κ2) is 9.72. The molecule has 6 heteroatoms. The van der Waals surface area contributed by atoms with Crippen LogP contribution in [0.15, 0.2) is 42.5 Å². The van der Waals surface area contributed by atoms with Crippen LogP contribution in [0, 0.1) is 5.82 Å². The molecule has 0 saturated carbocycles. The fourth-order valence-corrected chi connectivity index (χ4v) is 3.34. The smallest absolute Gasteiger partial charge is 0.251 e. The molecule has 0 atom stereocenters. The molecule has 2 aromatic carbocycles. The Morgan fingerprint density at radius 3 is 2.67 bits per heavy atom. The lowest BCUT2D eigenvalue weighted by atomic mass is 10.1. The topological polar surface area (TPSA) is 41.6 Å². The maximum Gasteiger partial charge on any atom is 0.251 e. The van der Waals surface area contributed by atoms with Gasteiger partial charge in [0.15, 0.2) is 0 Å². The van der Waals surface area contributed by atoms with Gasteiger partial charge < -0.3 is 15.0 Å². The van der Waals surface area contributed by atoms with E-state index in [-0.39, 0.29) is 10.9 Å². The van der Waals surface area contributed by atoms with Gasteiger partial charge in [0, 0.05) is 18.2 Å². The van der Waals surface area contributed by atoms with Crippen molar-refractivity contribution < 1.29 is 13.9 Å². The molecular formula is C21H24ClFN2O2. The average Bonchev–Trinajstić information content (AvgIpc) is 2.69. The van der Waals surface area contributed by atoms with Crippen molar-refractivity contribution in [2.75, 3.05) is 26.2 Å². The highest BCUT2D eigenvalue weighted by Gasteiger charge is 2.11. The highest BCUT2D eigenvalue weighted by molar-refractivity contribution is 6.30. The highest BCUT2D eigenvalue weighted by Crippen LogP contribution is 2.26. The molecule has 0 aromatic heterocycles. The van der Waals surface area contributed by atoms with Gasteiger partial charge in [-0.25, -0.2) is 4.39 Å². The number of rotatable bonds is 7. The van der Waals surface area contributed by atoms with Crippen LogP contribution < -0.4 is 10.1 Å². The Morgan fingerprint density at radius 1 is 1.11 bits per heavy atom. The molecule has 27 heavy (non-hydrogen) atoms. The molecule has 0 spiro atoms. The second-order valence-corrected chi connectivity index (χ2v) is 7.12. The molecule has 1 N–H and O–H groups in total. The molecule has 0 bridgehead atoms. The number of benzene rings is 2. The maximum absolute atomic E-state index is 13.2. The Kier molecular flexibility index (Phi) is 7.07. The van der Waals surface area contributed by atoms with Crippen LogP contribution in [0.2, 0.25) is 5.02 Å². The third kappa shape index (κ3) is 5.94. The summed E-state index contributed by atoms with van der Waals surface area (Å²) in [4.78, 5) is 14.8. The molecule has 0 aliphatic carbocycles. The fraction of sp³-hybridized carbons (Fsp3) is 0.381. The lowest BCUT2D eigenvalue weighted by Crippen LogP contribution is -2.33. The summed E-state index contributed by atoms with van der Waals surface area (Å²) in [7, 11) is 0. The van der Waals surface area contributed by atoms with Gasteiger partial charge in [-0.3, -0.25) is 4.79 Å². The van der Waals surface area contributed by atoms with Gasteiger partial charge in [-0.2, -0.15) is 0 Å². The van der Waals surface area contributed by atoms with Crippen molar-refractivity contribution >= 4 is 17.5 Å². The van der Waals surface area contributed by atoms with Crippen LogP contribution in [-0.4, -0.2) is 37.0 Å². The Balaban J connectivity index is 1.49. The van der Waals surface area contributed by atoms with Crippen molar-refractivity contribution in [2.24, 2.45) is 0 Å². The predicted molar refractivity (Wildman–Crippen MR) is 105 cm³/mol. The quantitative estimate of drug-likeness (QED) is 0.685. The molecule has 1 saturated heterocycles. The SMILES string of the molecule is O=C(NCCCN1CCCCC1)c1cccc(Oc2ccc(F)c(Cl)c2)c1. The first-order valence-electron chi connectivity index (χ1n) is 9.35. The third-order valence-corrected chi connectivity index (χ3v) is 4.90. The van der Waals surface area contributed by atoms with Crippen LogP contribution in [0.1, 0.15) is 36.0 Å². The Labute approximate surface area is 164 Å². The summed E-state index contributed by atoms with van der Waals surface area (Å²) in [5, 5.41) is 2.95. The summed E-state index contributed by atoms with van der Waals surface area (Å²) in [6.07, 6.45) is 4.82. The lowest BCUT2D eigenvalue weighted by molar-refractivity contribution is 0.0951. The van der Waals surface area contributed by atoms with E-state index >= 15 is 0 Å². The number of halogens is 2. The number of hydrogen-bond acceptors (Lipinski definition) is 3. The number of nitrogens with zero attached hydrogens (tertiary/aromatic N) is 1. The average molecular weight is 391 g/mol. The summed E-state index contributed by atoms with van der Waals surface area (Å²) in [6, 6.07) is 11.0. The minimum atomic E-state index is -0.498. The molecule has 1 amide bonds. The van der Waals surface area contributed by atoms with E-state index in [9.17, 15) is 9.18 Å². The van der Waals surface area contributed by atoms with Crippen LogP contribution in [0.5, 0.6) is 11.5 Å². The monoisotopic (exact) mass is 390 g/mol. The van der Waals surface area contributed by atoms with Gasteiger partial charge in [0.2, 0.25) is 0 Å². The Bertz CT molecular complexity index is 779. The number of amides is 1. The fourth-order valence-electron chi connectivity index (χ4n) is 3.17. The number of likely N-dealkylation sites (tertiary alicyclic amines) is 1. The first kappa shape index (κ1) is 19.6. The summed E-state index contributed by atoms with van der Waals surface area (Å²) in [6.45, 7) is 4.00. The molecule has 1 heterocycles. The third-order valence-electron chi connectivity index (χ3n) is 4.61. The summed E-state index contributed by atoms with van der Waals surface area (Å²) >= 11 is 5.77. The summed E-state index contributed by atoms with van der Waals surface area (Å²) in [5.41, 5.74) is 0.527. The van der Waals surface area contributed by atoms with Crippen molar-refractivity contribution in [3.05, 3.63) is 58.9 Å². The van der Waals surface area contributed by atoms with E-state index in [4.69, 9.17) is 16.3 Å². The van der Waals surface area contributed by atoms with Gasteiger partial charge in [-0.15, -0.1) is 0 Å². The van der Waals surface area contributed by atoms with Gasteiger partial charge in [0.05, 0.1) is 5.02 Å². The molecule has 1 fully saturated rings. The van der Waals surface area contributed by atoms with E-state index in [1.807, 2.05) is 0 Å². The van der Waals surface area contributed by atoms with Crippen LogP contribution in [0.4, 0.5) is 4.39 Å². The summed E-state index contributed by atoms with van der Waals surface area (Å²) < 4.78 is 18.9. The molecule has 1 aliphatic rings. The van der Waals surface area contributed by atoms with Crippen molar-refractivity contribution in [2.45, 2.75) is 25.7 Å². The van der Waals surface area contributed by atoms with Gasteiger partial charge >= 0.3 is 0 Å². The molecule has 1 aliphatic heterocycles. The molecule has 0 radical (unpaired) electrons. The van der Waals surface area contributed by atoms with E-state index < -0.39 is 5.82 Å². The van der Waals surface area contributed by atoms with Gasteiger partial charge in [0.25, 0.3) is 5.91 Å². The first-order chi connectivity index (χ1) is 13.1. The summed E-state index contributed by atoms with van der Waals surface area (Å²) in [5.74, 6) is 0.289. The van der Waals surface area contributed by atoms with E-state index in [2.05, 4.69) is 10.2 Å². The molecule has 2 aromatic rings. The normalized spacial score (nSPS) is 14.7. The van der Waals surface area contributed by atoms with E-state index in [1.54, 1.807) is 24.3 Å². The molecular weight excluding hydrogens is 367 g/mol. The lowest BCUT2D eigenvalue weighted by Gasteiger charge is -2.26. The van der Waals surface area contributed by atoms with E-state index in [0.717, 1.165) is 13.0 Å². The molecule has 0 unspecified atom stereocenters. The standard InChI is InChI=1S/C21H24ClFN2O2/c22-19-15-18(8-9-20(19)23)27-17-7-4-6-16(14-17)21(26)24-10-5-13-25-11-2-1-3-12-25/h4,6-9,14-15H,1-3,5,10-13H2,(H,24,26). The van der Waals surface area contributed by atoms with Gasteiger partial charge in [-0.1, -0.05) is 24.1 Å². The number of carbonyl (C=O) groups is 1. The van der Waals surface area contributed by atoms with Crippen LogP contribution in [0.3, 0.4) is 0 Å². The van der Waals surface area contributed by atoms with Crippen molar-refractivity contribution in [1.29, 1.82) is 0 Å². The van der Waals surface area contributed by atoms with E-state index in [0.29, 0.717) is 23.6 Å². The number of ether oxygens (including phenoxy) is 1. The van der Waals surface area contributed by atoms with Crippen molar-refractivity contribution in [3.63, 3.8) is 0 Å². The Hall–Kier alpha value is -2.11. The number of hydrogen-bond donors (Lipinski definition) is 1. The minimum Gasteiger partial charge on any atom is -0.457 e. The maximum atomic E-state index is 13.2.